The molecule has 2 rings (SSSR count). The molecule has 0 saturated carbocycles. The Morgan fingerprint density at radius 1 is 1.21 bits per heavy atom. The van der Waals surface area contributed by atoms with E-state index in [4.69, 9.17) is 17.3 Å². The van der Waals surface area contributed by atoms with Gasteiger partial charge in [-0.25, -0.2) is 4.39 Å². The van der Waals surface area contributed by atoms with Crippen LogP contribution in [0, 0.1) is 5.82 Å². The highest BCUT2D eigenvalue weighted by molar-refractivity contribution is 9.10. The van der Waals surface area contributed by atoms with Gasteiger partial charge in [0, 0.05) is 15.0 Å². The van der Waals surface area contributed by atoms with Gasteiger partial charge in [-0.15, -0.1) is 0 Å². The van der Waals surface area contributed by atoms with Crippen LogP contribution >= 0.6 is 27.5 Å². The average molecular weight is 343 g/mol. The lowest BCUT2D eigenvalue weighted by atomic mass is 9.86. The van der Waals surface area contributed by atoms with Crippen LogP contribution in [-0.4, -0.2) is 0 Å². The molecule has 0 amide bonds. The highest BCUT2D eigenvalue weighted by Gasteiger charge is 2.23. The topological polar surface area (TPSA) is 26.0 Å². The van der Waals surface area contributed by atoms with Gasteiger partial charge in [-0.05, 0) is 54.8 Å². The second kappa shape index (κ2) is 5.61. The SMILES string of the molecule is CC(N)(Cc1cc(F)ccc1Cl)c1ccc(Br)cc1. The summed E-state index contributed by atoms with van der Waals surface area (Å²) in [7, 11) is 0. The van der Waals surface area contributed by atoms with Gasteiger partial charge in [0.05, 0.1) is 0 Å². The monoisotopic (exact) mass is 341 g/mol. The first-order valence-corrected chi connectivity index (χ1v) is 7.04. The number of nitrogens with two attached hydrogens (primary N) is 1. The summed E-state index contributed by atoms with van der Waals surface area (Å²) in [6, 6.07) is 12.1. The fourth-order valence-electron chi connectivity index (χ4n) is 2.01. The second-order valence-corrected chi connectivity index (χ2v) is 6.16. The zero-order chi connectivity index (χ0) is 14.0. The molecule has 100 valence electrons. The van der Waals surface area contributed by atoms with Gasteiger partial charge >= 0.3 is 0 Å². The van der Waals surface area contributed by atoms with Crippen LogP contribution in [0.5, 0.6) is 0 Å². The molecule has 2 aromatic carbocycles. The maximum atomic E-state index is 13.3. The molecule has 1 atom stereocenters. The molecular formula is C15H14BrClFN. The third-order valence-corrected chi connectivity index (χ3v) is 3.97. The van der Waals surface area contributed by atoms with Crippen LogP contribution in [0.25, 0.3) is 0 Å². The third kappa shape index (κ3) is 3.56. The zero-order valence-electron chi connectivity index (χ0n) is 10.5. The second-order valence-electron chi connectivity index (χ2n) is 4.84. The van der Waals surface area contributed by atoms with E-state index < -0.39 is 5.54 Å². The maximum absolute atomic E-state index is 13.3. The third-order valence-electron chi connectivity index (χ3n) is 3.07. The van der Waals surface area contributed by atoms with E-state index >= 15 is 0 Å². The first kappa shape index (κ1) is 14.5. The van der Waals surface area contributed by atoms with Crippen LogP contribution in [0.3, 0.4) is 0 Å². The van der Waals surface area contributed by atoms with E-state index in [0.29, 0.717) is 11.4 Å². The highest BCUT2D eigenvalue weighted by atomic mass is 79.9. The summed E-state index contributed by atoms with van der Waals surface area (Å²) < 4.78 is 14.3. The molecule has 19 heavy (non-hydrogen) atoms. The summed E-state index contributed by atoms with van der Waals surface area (Å²) in [6.07, 6.45) is 0.477. The molecule has 0 bridgehead atoms. The van der Waals surface area contributed by atoms with Gasteiger partial charge in [-0.2, -0.15) is 0 Å². The fraction of sp³-hybridized carbons (Fsp3) is 0.200. The molecule has 1 unspecified atom stereocenters. The van der Waals surface area contributed by atoms with E-state index in [9.17, 15) is 4.39 Å². The number of halogens is 3. The van der Waals surface area contributed by atoms with E-state index in [-0.39, 0.29) is 5.82 Å². The van der Waals surface area contributed by atoms with Gasteiger partial charge in [0.25, 0.3) is 0 Å². The minimum atomic E-state index is -0.599. The summed E-state index contributed by atoms with van der Waals surface area (Å²) in [5.41, 5.74) is 7.44. The van der Waals surface area contributed by atoms with Crippen molar-refractivity contribution in [2.45, 2.75) is 18.9 Å². The van der Waals surface area contributed by atoms with E-state index in [2.05, 4.69) is 15.9 Å². The standard InChI is InChI=1S/C15H14BrClFN/c1-15(19,11-2-4-12(16)5-3-11)9-10-8-13(18)6-7-14(10)17/h2-8H,9,19H2,1H3. The van der Waals surface area contributed by atoms with Crippen molar-refractivity contribution < 1.29 is 4.39 Å². The molecule has 0 spiro atoms. The minimum absolute atomic E-state index is 0.300. The maximum Gasteiger partial charge on any atom is 0.123 e. The molecule has 2 N–H and O–H groups in total. The van der Waals surface area contributed by atoms with E-state index in [1.807, 2.05) is 31.2 Å². The molecule has 0 heterocycles. The molecule has 0 aliphatic heterocycles. The Balaban J connectivity index is 2.30. The smallest absolute Gasteiger partial charge is 0.123 e. The van der Waals surface area contributed by atoms with Gasteiger partial charge in [-0.3, -0.25) is 0 Å². The van der Waals surface area contributed by atoms with Crippen molar-refractivity contribution in [2.24, 2.45) is 5.73 Å². The molecule has 4 heteroatoms. The summed E-state index contributed by atoms with van der Waals surface area (Å²) in [6.45, 7) is 1.91. The highest BCUT2D eigenvalue weighted by Crippen LogP contribution is 2.28. The lowest BCUT2D eigenvalue weighted by Gasteiger charge is -2.26. The number of hydrogen-bond acceptors (Lipinski definition) is 1. The first-order valence-electron chi connectivity index (χ1n) is 5.87. The van der Waals surface area contributed by atoms with Gasteiger partial charge in [0.1, 0.15) is 5.82 Å². The van der Waals surface area contributed by atoms with Crippen molar-refractivity contribution in [1.29, 1.82) is 0 Å². The molecule has 0 saturated heterocycles. The Labute approximate surface area is 125 Å². The van der Waals surface area contributed by atoms with E-state index in [1.54, 1.807) is 6.07 Å². The number of benzene rings is 2. The Morgan fingerprint density at radius 2 is 1.84 bits per heavy atom. The fourth-order valence-corrected chi connectivity index (χ4v) is 2.46. The van der Waals surface area contributed by atoms with Crippen LogP contribution in [0.15, 0.2) is 46.9 Å². The van der Waals surface area contributed by atoms with Gasteiger partial charge < -0.3 is 5.73 Å². The normalized spacial score (nSPS) is 14.2. The Morgan fingerprint density at radius 3 is 2.47 bits per heavy atom. The lowest BCUT2D eigenvalue weighted by molar-refractivity contribution is 0.489. The Hall–Kier alpha value is -0.900. The molecule has 0 aliphatic carbocycles. The van der Waals surface area contributed by atoms with Crippen molar-refractivity contribution in [2.75, 3.05) is 0 Å². The van der Waals surface area contributed by atoms with Crippen molar-refractivity contribution in [3.05, 3.63) is 68.9 Å². The van der Waals surface area contributed by atoms with Gasteiger partial charge in [-0.1, -0.05) is 39.7 Å². The predicted octanol–water partition coefficient (Wildman–Crippen LogP) is 4.66. The minimum Gasteiger partial charge on any atom is -0.321 e. The summed E-state index contributed by atoms with van der Waals surface area (Å²) in [5, 5.41) is 0.537. The van der Waals surface area contributed by atoms with Crippen LogP contribution < -0.4 is 5.73 Å². The number of rotatable bonds is 3. The molecule has 0 aromatic heterocycles. The summed E-state index contributed by atoms with van der Waals surface area (Å²) in [4.78, 5) is 0. The van der Waals surface area contributed by atoms with Gasteiger partial charge in [0.15, 0.2) is 0 Å². The largest absolute Gasteiger partial charge is 0.321 e. The van der Waals surface area contributed by atoms with Crippen molar-refractivity contribution in [3.8, 4) is 0 Å². The molecular weight excluding hydrogens is 329 g/mol. The first-order chi connectivity index (χ1) is 8.88. The summed E-state index contributed by atoms with van der Waals surface area (Å²) >= 11 is 9.47. The zero-order valence-corrected chi connectivity index (χ0v) is 12.8. The molecule has 1 nitrogen and oxygen atoms in total. The molecule has 0 aliphatic rings. The lowest BCUT2D eigenvalue weighted by Crippen LogP contribution is -2.35. The molecule has 2 aromatic rings. The van der Waals surface area contributed by atoms with Crippen molar-refractivity contribution in [1.82, 2.24) is 0 Å². The average Bonchev–Trinajstić information content (AvgIpc) is 2.34. The van der Waals surface area contributed by atoms with Crippen molar-refractivity contribution in [3.63, 3.8) is 0 Å². The van der Waals surface area contributed by atoms with Crippen molar-refractivity contribution >= 4 is 27.5 Å². The molecule has 0 fully saturated rings. The predicted molar refractivity (Wildman–Crippen MR) is 80.8 cm³/mol. The van der Waals surface area contributed by atoms with Crippen LogP contribution in [0.4, 0.5) is 4.39 Å². The summed E-state index contributed by atoms with van der Waals surface area (Å²) in [5.74, 6) is -0.300. The number of hydrogen-bond donors (Lipinski definition) is 1. The quantitative estimate of drug-likeness (QED) is 0.862. The Bertz CT molecular complexity index is 581. The van der Waals surface area contributed by atoms with E-state index in [1.165, 1.54) is 12.1 Å². The van der Waals surface area contributed by atoms with E-state index in [0.717, 1.165) is 15.6 Å². The van der Waals surface area contributed by atoms with Crippen LogP contribution in [-0.2, 0) is 12.0 Å². The van der Waals surface area contributed by atoms with Crippen LogP contribution in [0.1, 0.15) is 18.1 Å². The van der Waals surface area contributed by atoms with Gasteiger partial charge in [0.2, 0.25) is 0 Å². The van der Waals surface area contributed by atoms with Crippen LogP contribution in [0.2, 0.25) is 5.02 Å². The Kier molecular flexibility index (Phi) is 4.29. The molecule has 0 radical (unpaired) electrons.